The predicted molar refractivity (Wildman–Crippen MR) is 71.2 cm³/mol. The minimum absolute atomic E-state index is 0.123. The molecular formula is C11H14BrN5O. The Hall–Kier alpha value is -1.63. The summed E-state index contributed by atoms with van der Waals surface area (Å²) in [7, 11) is 1.82. The summed E-state index contributed by atoms with van der Waals surface area (Å²) in [5, 5.41) is 11.1. The van der Waals surface area contributed by atoms with Gasteiger partial charge in [-0.3, -0.25) is 14.2 Å². The molecule has 1 unspecified atom stereocenters. The van der Waals surface area contributed by atoms with E-state index in [4.69, 9.17) is 0 Å². The summed E-state index contributed by atoms with van der Waals surface area (Å²) in [5.41, 5.74) is 1.51. The predicted octanol–water partition coefficient (Wildman–Crippen LogP) is 1.89. The average Bonchev–Trinajstić information content (AvgIpc) is 2.85. The van der Waals surface area contributed by atoms with E-state index in [1.54, 1.807) is 34.9 Å². The second kappa shape index (κ2) is 4.93. The molecule has 1 amide bonds. The van der Waals surface area contributed by atoms with Gasteiger partial charge < -0.3 is 5.32 Å². The number of aryl methyl sites for hydroxylation is 2. The number of halogens is 1. The molecule has 6 nitrogen and oxygen atoms in total. The van der Waals surface area contributed by atoms with E-state index >= 15 is 0 Å². The van der Waals surface area contributed by atoms with Gasteiger partial charge >= 0.3 is 0 Å². The number of hydrogen-bond donors (Lipinski definition) is 1. The zero-order valence-electron chi connectivity index (χ0n) is 10.4. The summed E-state index contributed by atoms with van der Waals surface area (Å²) in [6.45, 7) is 3.64. The van der Waals surface area contributed by atoms with Crippen LogP contribution in [0.15, 0.2) is 23.1 Å². The Kier molecular flexibility index (Phi) is 3.51. The lowest BCUT2D eigenvalue weighted by molar-refractivity contribution is -0.119. The lowest BCUT2D eigenvalue weighted by Gasteiger charge is -2.11. The molecule has 0 spiro atoms. The van der Waals surface area contributed by atoms with Crippen molar-refractivity contribution >= 4 is 27.5 Å². The fourth-order valence-electron chi connectivity index (χ4n) is 1.61. The summed E-state index contributed by atoms with van der Waals surface area (Å²) in [6, 6.07) is -0.379. The minimum Gasteiger partial charge on any atom is -0.321 e. The second-order valence-electron chi connectivity index (χ2n) is 4.11. The lowest BCUT2D eigenvalue weighted by atomic mass is 10.3. The Labute approximate surface area is 113 Å². The van der Waals surface area contributed by atoms with Crippen LogP contribution >= 0.6 is 15.9 Å². The number of nitrogens with zero attached hydrogens (tertiary/aromatic N) is 4. The van der Waals surface area contributed by atoms with Crippen molar-refractivity contribution in [2.75, 3.05) is 5.32 Å². The van der Waals surface area contributed by atoms with Crippen LogP contribution in [0.1, 0.15) is 18.7 Å². The van der Waals surface area contributed by atoms with E-state index in [9.17, 15) is 4.79 Å². The van der Waals surface area contributed by atoms with Crippen LogP contribution in [-0.4, -0.2) is 25.5 Å². The average molecular weight is 312 g/mol. The third kappa shape index (κ3) is 2.61. The molecule has 0 bridgehead atoms. The van der Waals surface area contributed by atoms with Gasteiger partial charge in [-0.1, -0.05) is 0 Å². The SMILES string of the molecule is Cc1nn(C)cc1NC(=O)C(C)n1cc(Br)cn1. The van der Waals surface area contributed by atoms with Crippen LogP contribution in [0.5, 0.6) is 0 Å². The monoisotopic (exact) mass is 311 g/mol. The number of rotatable bonds is 3. The summed E-state index contributed by atoms with van der Waals surface area (Å²) in [5.74, 6) is -0.123. The summed E-state index contributed by atoms with van der Waals surface area (Å²) in [4.78, 5) is 12.1. The molecule has 0 fully saturated rings. The van der Waals surface area contributed by atoms with Crippen LogP contribution in [-0.2, 0) is 11.8 Å². The van der Waals surface area contributed by atoms with Crippen molar-refractivity contribution in [2.24, 2.45) is 7.05 Å². The highest BCUT2D eigenvalue weighted by molar-refractivity contribution is 9.10. The topological polar surface area (TPSA) is 64.7 Å². The maximum atomic E-state index is 12.1. The van der Waals surface area contributed by atoms with Gasteiger partial charge in [0.05, 0.1) is 22.1 Å². The van der Waals surface area contributed by atoms with Crippen molar-refractivity contribution in [3.05, 3.63) is 28.8 Å². The molecule has 2 rings (SSSR count). The molecule has 18 heavy (non-hydrogen) atoms. The normalized spacial score (nSPS) is 12.4. The van der Waals surface area contributed by atoms with E-state index in [1.807, 2.05) is 14.0 Å². The van der Waals surface area contributed by atoms with Crippen molar-refractivity contribution in [1.82, 2.24) is 19.6 Å². The Bertz CT molecular complexity index is 574. The van der Waals surface area contributed by atoms with Gasteiger partial charge in [0.1, 0.15) is 6.04 Å². The number of hydrogen-bond acceptors (Lipinski definition) is 3. The molecule has 0 aromatic carbocycles. The van der Waals surface area contributed by atoms with Gasteiger partial charge in [0.15, 0.2) is 0 Å². The number of carbonyl (C=O) groups excluding carboxylic acids is 1. The highest BCUT2D eigenvalue weighted by Crippen LogP contribution is 2.16. The molecule has 96 valence electrons. The maximum Gasteiger partial charge on any atom is 0.249 e. The number of aromatic nitrogens is 4. The quantitative estimate of drug-likeness (QED) is 0.941. The van der Waals surface area contributed by atoms with E-state index in [1.165, 1.54) is 0 Å². The van der Waals surface area contributed by atoms with Crippen molar-refractivity contribution in [3.8, 4) is 0 Å². The second-order valence-corrected chi connectivity index (χ2v) is 5.02. The van der Waals surface area contributed by atoms with Crippen LogP contribution in [0, 0.1) is 6.92 Å². The molecular weight excluding hydrogens is 298 g/mol. The van der Waals surface area contributed by atoms with Crippen LogP contribution in [0.3, 0.4) is 0 Å². The van der Waals surface area contributed by atoms with Crippen molar-refractivity contribution in [2.45, 2.75) is 19.9 Å². The number of amides is 1. The molecule has 2 heterocycles. The van der Waals surface area contributed by atoms with Crippen molar-refractivity contribution < 1.29 is 4.79 Å². The lowest BCUT2D eigenvalue weighted by Crippen LogP contribution is -2.24. The molecule has 1 atom stereocenters. The Morgan fingerprint density at radius 1 is 1.50 bits per heavy atom. The number of anilines is 1. The first kappa shape index (κ1) is 12.8. The van der Waals surface area contributed by atoms with Crippen LogP contribution in [0.2, 0.25) is 0 Å². The largest absolute Gasteiger partial charge is 0.321 e. The number of nitrogens with one attached hydrogen (secondary N) is 1. The van der Waals surface area contributed by atoms with Crippen LogP contribution in [0.25, 0.3) is 0 Å². The smallest absolute Gasteiger partial charge is 0.249 e. The molecule has 0 saturated carbocycles. The molecule has 7 heteroatoms. The van der Waals surface area contributed by atoms with Gasteiger partial charge in [0, 0.05) is 19.4 Å². The van der Waals surface area contributed by atoms with Gasteiger partial charge in [-0.05, 0) is 29.8 Å². The highest BCUT2D eigenvalue weighted by atomic mass is 79.9. The molecule has 2 aromatic heterocycles. The van der Waals surface area contributed by atoms with Gasteiger partial charge in [-0.2, -0.15) is 10.2 Å². The van der Waals surface area contributed by atoms with Gasteiger partial charge in [-0.15, -0.1) is 0 Å². The van der Waals surface area contributed by atoms with E-state index < -0.39 is 0 Å². The zero-order valence-corrected chi connectivity index (χ0v) is 12.0. The van der Waals surface area contributed by atoms with E-state index in [0.29, 0.717) is 0 Å². The third-order valence-electron chi connectivity index (χ3n) is 2.62. The molecule has 2 aromatic rings. The molecule has 0 aliphatic heterocycles. The van der Waals surface area contributed by atoms with E-state index in [-0.39, 0.29) is 11.9 Å². The standard InChI is InChI=1S/C11H14BrN5O/c1-7-10(6-16(3)15-7)14-11(18)8(2)17-5-9(12)4-13-17/h4-6,8H,1-3H3,(H,14,18). The Morgan fingerprint density at radius 2 is 2.22 bits per heavy atom. The van der Waals surface area contributed by atoms with Crippen molar-refractivity contribution in [3.63, 3.8) is 0 Å². The molecule has 0 aliphatic carbocycles. The Balaban J connectivity index is 2.10. The molecule has 1 N–H and O–H groups in total. The maximum absolute atomic E-state index is 12.1. The highest BCUT2D eigenvalue weighted by Gasteiger charge is 2.17. The van der Waals surface area contributed by atoms with E-state index in [2.05, 4.69) is 31.4 Å². The summed E-state index contributed by atoms with van der Waals surface area (Å²) < 4.78 is 4.12. The first-order valence-electron chi connectivity index (χ1n) is 5.48. The Morgan fingerprint density at radius 3 is 2.72 bits per heavy atom. The summed E-state index contributed by atoms with van der Waals surface area (Å²) >= 11 is 3.30. The molecule has 0 aliphatic rings. The minimum atomic E-state index is -0.379. The first-order valence-corrected chi connectivity index (χ1v) is 6.27. The third-order valence-corrected chi connectivity index (χ3v) is 3.03. The fourth-order valence-corrected chi connectivity index (χ4v) is 1.91. The fraction of sp³-hybridized carbons (Fsp3) is 0.364. The van der Waals surface area contributed by atoms with Crippen molar-refractivity contribution in [1.29, 1.82) is 0 Å². The van der Waals surface area contributed by atoms with Gasteiger partial charge in [0.2, 0.25) is 5.91 Å². The van der Waals surface area contributed by atoms with E-state index in [0.717, 1.165) is 15.9 Å². The van der Waals surface area contributed by atoms with Gasteiger partial charge in [0.25, 0.3) is 0 Å². The summed E-state index contributed by atoms with van der Waals surface area (Å²) in [6.07, 6.45) is 5.19. The van der Waals surface area contributed by atoms with Crippen LogP contribution in [0.4, 0.5) is 5.69 Å². The number of carbonyl (C=O) groups is 1. The molecule has 0 radical (unpaired) electrons. The van der Waals surface area contributed by atoms with Crippen LogP contribution < -0.4 is 5.32 Å². The zero-order chi connectivity index (χ0) is 13.3. The molecule has 0 saturated heterocycles. The first-order chi connectivity index (χ1) is 8.47. The van der Waals surface area contributed by atoms with Gasteiger partial charge in [-0.25, -0.2) is 0 Å².